The third-order valence-electron chi connectivity index (χ3n) is 2.74. The molecule has 3 nitrogen and oxygen atoms in total. The number of aryl methyl sites for hydroxylation is 1. The van der Waals surface area contributed by atoms with Crippen molar-refractivity contribution in [1.29, 1.82) is 0 Å². The first kappa shape index (κ1) is 9.46. The van der Waals surface area contributed by atoms with Crippen LogP contribution in [-0.4, -0.2) is 23.7 Å². The van der Waals surface area contributed by atoms with Crippen LogP contribution in [0.25, 0.3) is 0 Å². The summed E-state index contributed by atoms with van der Waals surface area (Å²) >= 11 is 0. The van der Waals surface area contributed by atoms with Crippen molar-refractivity contribution in [3.63, 3.8) is 0 Å². The van der Waals surface area contributed by atoms with Crippen LogP contribution in [0.5, 0.6) is 0 Å². The molecule has 0 spiro atoms. The summed E-state index contributed by atoms with van der Waals surface area (Å²) < 4.78 is 0. The molecule has 2 heterocycles. The van der Waals surface area contributed by atoms with E-state index in [9.17, 15) is 0 Å². The Balaban J connectivity index is 2.27. The Kier molecular flexibility index (Phi) is 2.19. The molecule has 1 aliphatic rings. The SMILES string of the molecule is Cc1ccc(N2CCNC2(C)C)nc1. The topological polar surface area (TPSA) is 28.2 Å². The van der Waals surface area contributed by atoms with Crippen molar-refractivity contribution in [2.24, 2.45) is 0 Å². The number of anilines is 1. The monoisotopic (exact) mass is 191 g/mol. The largest absolute Gasteiger partial charge is 0.338 e. The second kappa shape index (κ2) is 3.24. The summed E-state index contributed by atoms with van der Waals surface area (Å²) in [6.45, 7) is 8.48. The average Bonchev–Trinajstić information content (AvgIpc) is 2.47. The zero-order valence-corrected chi connectivity index (χ0v) is 9.04. The van der Waals surface area contributed by atoms with Gasteiger partial charge in [-0.05, 0) is 32.4 Å². The van der Waals surface area contributed by atoms with Gasteiger partial charge in [0.25, 0.3) is 0 Å². The van der Waals surface area contributed by atoms with Gasteiger partial charge in [-0.3, -0.25) is 5.32 Å². The molecular formula is C11H17N3. The van der Waals surface area contributed by atoms with Crippen LogP contribution in [0.2, 0.25) is 0 Å². The fourth-order valence-electron chi connectivity index (χ4n) is 1.87. The number of pyridine rings is 1. The Morgan fingerprint density at radius 1 is 1.43 bits per heavy atom. The molecular weight excluding hydrogens is 174 g/mol. The molecule has 0 saturated carbocycles. The molecule has 0 aromatic carbocycles. The van der Waals surface area contributed by atoms with E-state index in [4.69, 9.17) is 0 Å². The van der Waals surface area contributed by atoms with Crippen LogP contribution in [-0.2, 0) is 0 Å². The van der Waals surface area contributed by atoms with Gasteiger partial charge in [0.1, 0.15) is 5.82 Å². The van der Waals surface area contributed by atoms with Gasteiger partial charge < -0.3 is 4.90 Å². The normalized spacial score (nSPS) is 20.1. The minimum atomic E-state index is 0.0300. The van der Waals surface area contributed by atoms with Gasteiger partial charge in [0.2, 0.25) is 0 Å². The van der Waals surface area contributed by atoms with Gasteiger partial charge in [-0.2, -0.15) is 0 Å². The lowest BCUT2D eigenvalue weighted by Gasteiger charge is -2.32. The molecule has 1 aliphatic heterocycles. The van der Waals surface area contributed by atoms with E-state index < -0.39 is 0 Å². The maximum absolute atomic E-state index is 4.44. The molecule has 0 bridgehead atoms. The minimum Gasteiger partial charge on any atom is -0.338 e. The lowest BCUT2D eigenvalue weighted by Crippen LogP contribution is -2.46. The molecule has 76 valence electrons. The maximum Gasteiger partial charge on any atom is 0.129 e. The standard InChI is InChI=1S/C11H17N3/c1-9-4-5-10(12-8-9)14-7-6-13-11(14,2)3/h4-5,8,13H,6-7H2,1-3H3. The van der Waals surface area contributed by atoms with Crippen LogP contribution in [0.4, 0.5) is 5.82 Å². The van der Waals surface area contributed by atoms with Crippen LogP contribution in [0, 0.1) is 6.92 Å². The molecule has 0 radical (unpaired) electrons. The van der Waals surface area contributed by atoms with Crippen molar-refractivity contribution < 1.29 is 0 Å². The minimum absolute atomic E-state index is 0.0300. The van der Waals surface area contributed by atoms with Crippen molar-refractivity contribution in [1.82, 2.24) is 10.3 Å². The number of nitrogens with one attached hydrogen (secondary N) is 1. The predicted octanol–water partition coefficient (Wildman–Crippen LogP) is 1.54. The zero-order chi connectivity index (χ0) is 10.2. The third kappa shape index (κ3) is 1.60. The van der Waals surface area contributed by atoms with Crippen molar-refractivity contribution in [3.05, 3.63) is 23.9 Å². The van der Waals surface area contributed by atoms with Gasteiger partial charge in [0.15, 0.2) is 0 Å². The molecule has 1 saturated heterocycles. The molecule has 1 aromatic heterocycles. The second-order valence-electron chi connectivity index (χ2n) is 4.33. The molecule has 0 atom stereocenters. The van der Waals surface area contributed by atoms with Gasteiger partial charge in [-0.15, -0.1) is 0 Å². The van der Waals surface area contributed by atoms with E-state index in [-0.39, 0.29) is 5.66 Å². The third-order valence-corrected chi connectivity index (χ3v) is 2.74. The predicted molar refractivity (Wildman–Crippen MR) is 58.4 cm³/mol. The number of hydrogen-bond acceptors (Lipinski definition) is 3. The van der Waals surface area contributed by atoms with Gasteiger partial charge in [0, 0.05) is 19.3 Å². The Hall–Kier alpha value is -1.09. The maximum atomic E-state index is 4.44. The molecule has 1 aromatic rings. The highest BCUT2D eigenvalue weighted by atomic mass is 15.4. The summed E-state index contributed by atoms with van der Waals surface area (Å²) in [7, 11) is 0. The van der Waals surface area contributed by atoms with Crippen LogP contribution < -0.4 is 10.2 Å². The lowest BCUT2D eigenvalue weighted by molar-refractivity contribution is 0.458. The summed E-state index contributed by atoms with van der Waals surface area (Å²) in [5, 5.41) is 3.44. The summed E-state index contributed by atoms with van der Waals surface area (Å²) in [4.78, 5) is 6.74. The molecule has 0 unspecified atom stereocenters. The zero-order valence-electron chi connectivity index (χ0n) is 9.04. The van der Waals surface area contributed by atoms with E-state index in [0.717, 1.165) is 18.9 Å². The Morgan fingerprint density at radius 2 is 2.21 bits per heavy atom. The smallest absolute Gasteiger partial charge is 0.129 e. The number of nitrogens with zero attached hydrogens (tertiary/aromatic N) is 2. The second-order valence-corrected chi connectivity index (χ2v) is 4.33. The molecule has 0 aliphatic carbocycles. The van der Waals surface area contributed by atoms with E-state index in [1.54, 1.807) is 0 Å². The molecule has 1 fully saturated rings. The van der Waals surface area contributed by atoms with Crippen LogP contribution in [0.3, 0.4) is 0 Å². The van der Waals surface area contributed by atoms with Crippen LogP contribution in [0.1, 0.15) is 19.4 Å². The summed E-state index contributed by atoms with van der Waals surface area (Å²) in [6, 6.07) is 4.20. The van der Waals surface area contributed by atoms with Gasteiger partial charge in [-0.25, -0.2) is 4.98 Å². The van der Waals surface area contributed by atoms with Gasteiger partial charge in [0.05, 0.1) is 5.66 Å². The fraction of sp³-hybridized carbons (Fsp3) is 0.545. The molecule has 0 amide bonds. The Morgan fingerprint density at radius 3 is 2.71 bits per heavy atom. The van der Waals surface area contributed by atoms with Crippen LogP contribution >= 0.6 is 0 Å². The highest BCUT2D eigenvalue weighted by molar-refractivity contribution is 5.43. The number of aromatic nitrogens is 1. The van der Waals surface area contributed by atoms with E-state index in [1.807, 2.05) is 6.20 Å². The summed E-state index contributed by atoms with van der Waals surface area (Å²) in [5.41, 5.74) is 1.24. The van der Waals surface area contributed by atoms with Gasteiger partial charge in [-0.1, -0.05) is 6.07 Å². The van der Waals surface area contributed by atoms with Gasteiger partial charge >= 0.3 is 0 Å². The number of hydrogen-bond donors (Lipinski definition) is 1. The van der Waals surface area contributed by atoms with Crippen molar-refractivity contribution in [2.45, 2.75) is 26.4 Å². The Labute approximate surface area is 85.1 Å². The quantitative estimate of drug-likeness (QED) is 0.729. The summed E-state index contributed by atoms with van der Waals surface area (Å²) in [5.74, 6) is 1.06. The molecule has 3 heteroatoms. The van der Waals surface area contributed by atoms with E-state index in [2.05, 4.69) is 48.1 Å². The highest BCUT2D eigenvalue weighted by Crippen LogP contribution is 2.22. The van der Waals surface area contributed by atoms with E-state index >= 15 is 0 Å². The first-order valence-corrected chi connectivity index (χ1v) is 5.05. The molecule has 2 rings (SSSR count). The first-order chi connectivity index (χ1) is 6.59. The van der Waals surface area contributed by atoms with Crippen molar-refractivity contribution in [2.75, 3.05) is 18.0 Å². The fourth-order valence-corrected chi connectivity index (χ4v) is 1.87. The van der Waals surface area contributed by atoms with Crippen molar-refractivity contribution >= 4 is 5.82 Å². The molecule has 1 N–H and O–H groups in total. The molecule has 14 heavy (non-hydrogen) atoms. The van der Waals surface area contributed by atoms with Crippen molar-refractivity contribution in [3.8, 4) is 0 Å². The Bertz CT molecular complexity index is 316. The lowest BCUT2D eigenvalue weighted by atomic mass is 10.2. The van der Waals surface area contributed by atoms with E-state index in [0.29, 0.717) is 0 Å². The average molecular weight is 191 g/mol. The number of rotatable bonds is 1. The summed E-state index contributed by atoms with van der Waals surface area (Å²) in [6.07, 6.45) is 1.92. The highest BCUT2D eigenvalue weighted by Gasteiger charge is 2.31. The van der Waals surface area contributed by atoms with E-state index in [1.165, 1.54) is 5.56 Å². The van der Waals surface area contributed by atoms with Crippen LogP contribution in [0.15, 0.2) is 18.3 Å². The first-order valence-electron chi connectivity index (χ1n) is 5.05.